The third-order valence-electron chi connectivity index (χ3n) is 4.35. The fraction of sp³-hybridized carbons (Fsp3) is 0.600. The van der Waals surface area contributed by atoms with Gasteiger partial charge in [0.2, 0.25) is 0 Å². The predicted molar refractivity (Wildman–Crippen MR) is 79.9 cm³/mol. The molecule has 4 heteroatoms. The minimum Gasteiger partial charge on any atom is -0.271 e. The number of benzene rings is 1. The molecule has 0 heterocycles. The van der Waals surface area contributed by atoms with Crippen molar-refractivity contribution in [3.05, 3.63) is 34.1 Å². The molecular weight excluding hydrogens is 307 g/mol. The van der Waals surface area contributed by atoms with E-state index in [4.69, 9.17) is 5.84 Å². The Morgan fingerprint density at radius 1 is 1.47 bits per heavy atom. The van der Waals surface area contributed by atoms with E-state index in [1.54, 1.807) is 0 Å². The minimum absolute atomic E-state index is 0.117. The van der Waals surface area contributed by atoms with Gasteiger partial charge in [-0.3, -0.25) is 11.3 Å². The topological polar surface area (TPSA) is 38.0 Å². The van der Waals surface area contributed by atoms with Gasteiger partial charge in [0, 0.05) is 6.04 Å². The second-order valence-electron chi connectivity index (χ2n) is 5.52. The molecule has 1 fully saturated rings. The molecule has 3 N–H and O–H groups in total. The monoisotopic (exact) mass is 328 g/mol. The Kier molecular flexibility index (Phi) is 5.37. The molecule has 0 aromatic heterocycles. The number of hydrogen-bond acceptors (Lipinski definition) is 2. The number of nitrogens with two attached hydrogens (primary N) is 1. The van der Waals surface area contributed by atoms with Gasteiger partial charge in [0.25, 0.3) is 0 Å². The minimum atomic E-state index is -0.227. The van der Waals surface area contributed by atoms with E-state index >= 15 is 0 Å². The summed E-state index contributed by atoms with van der Waals surface area (Å²) in [5.74, 6) is 6.87. The highest BCUT2D eigenvalue weighted by Crippen LogP contribution is 2.38. The first-order valence-corrected chi connectivity index (χ1v) is 7.86. The van der Waals surface area contributed by atoms with Crippen LogP contribution in [0, 0.1) is 17.7 Å². The summed E-state index contributed by atoms with van der Waals surface area (Å²) in [6.07, 6.45) is 6.24. The lowest BCUT2D eigenvalue weighted by Gasteiger charge is -2.34. The maximum atomic E-state index is 13.3. The lowest BCUT2D eigenvalue weighted by Crippen LogP contribution is -2.35. The van der Waals surface area contributed by atoms with Crippen LogP contribution in [0.15, 0.2) is 22.7 Å². The van der Waals surface area contributed by atoms with E-state index in [-0.39, 0.29) is 11.9 Å². The van der Waals surface area contributed by atoms with Crippen molar-refractivity contribution in [1.82, 2.24) is 5.43 Å². The van der Waals surface area contributed by atoms with Crippen molar-refractivity contribution in [2.24, 2.45) is 17.7 Å². The van der Waals surface area contributed by atoms with Crippen molar-refractivity contribution in [3.63, 3.8) is 0 Å². The summed E-state index contributed by atoms with van der Waals surface area (Å²) in [6.45, 7) is 2.26. The van der Waals surface area contributed by atoms with Crippen molar-refractivity contribution in [1.29, 1.82) is 0 Å². The molecule has 0 amide bonds. The molecule has 1 aromatic carbocycles. The summed E-state index contributed by atoms with van der Waals surface area (Å²) in [5, 5.41) is 0. The van der Waals surface area contributed by atoms with Crippen molar-refractivity contribution in [2.45, 2.75) is 45.1 Å². The Bertz CT molecular complexity index is 425. The molecule has 19 heavy (non-hydrogen) atoms. The van der Waals surface area contributed by atoms with Gasteiger partial charge in [-0.1, -0.05) is 32.3 Å². The molecule has 1 aliphatic carbocycles. The van der Waals surface area contributed by atoms with E-state index in [1.165, 1.54) is 38.2 Å². The largest absolute Gasteiger partial charge is 0.271 e. The van der Waals surface area contributed by atoms with Gasteiger partial charge in [-0.05, 0) is 58.3 Å². The van der Waals surface area contributed by atoms with Crippen molar-refractivity contribution in [2.75, 3.05) is 0 Å². The third kappa shape index (κ3) is 3.56. The van der Waals surface area contributed by atoms with Crippen molar-refractivity contribution >= 4 is 15.9 Å². The van der Waals surface area contributed by atoms with E-state index in [1.807, 2.05) is 12.1 Å². The van der Waals surface area contributed by atoms with Crippen LogP contribution in [0.5, 0.6) is 0 Å². The van der Waals surface area contributed by atoms with Crippen molar-refractivity contribution in [3.8, 4) is 0 Å². The van der Waals surface area contributed by atoms with Crippen LogP contribution in [0.2, 0.25) is 0 Å². The molecule has 1 saturated carbocycles. The summed E-state index contributed by atoms with van der Waals surface area (Å²) < 4.78 is 13.8. The van der Waals surface area contributed by atoms with E-state index < -0.39 is 0 Å². The first-order chi connectivity index (χ1) is 9.15. The van der Waals surface area contributed by atoms with Crippen LogP contribution in [0.1, 0.15) is 50.6 Å². The van der Waals surface area contributed by atoms with Gasteiger partial charge in [0.1, 0.15) is 5.82 Å². The van der Waals surface area contributed by atoms with Gasteiger partial charge in [0.15, 0.2) is 0 Å². The van der Waals surface area contributed by atoms with Crippen LogP contribution < -0.4 is 11.3 Å². The zero-order valence-corrected chi connectivity index (χ0v) is 12.9. The zero-order valence-electron chi connectivity index (χ0n) is 11.3. The van der Waals surface area contributed by atoms with Crippen LogP contribution in [0.4, 0.5) is 4.39 Å². The number of hydrazine groups is 1. The second-order valence-corrected chi connectivity index (χ2v) is 6.37. The molecule has 1 aromatic rings. The molecule has 2 nitrogen and oxygen atoms in total. The molecule has 0 aliphatic heterocycles. The molecule has 0 radical (unpaired) electrons. The predicted octanol–water partition coefficient (Wildman–Crippen LogP) is 4.31. The second kappa shape index (κ2) is 6.82. The van der Waals surface area contributed by atoms with Crippen LogP contribution in [-0.4, -0.2) is 0 Å². The molecule has 2 rings (SSSR count). The number of nitrogens with one attached hydrogen (secondary N) is 1. The van der Waals surface area contributed by atoms with Gasteiger partial charge < -0.3 is 0 Å². The highest BCUT2D eigenvalue weighted by molar-refractivity contribution is 9.10. The van der Waals surface area contributed by atoms with Gasteiger partial charge in [-0.15, -0.1) is 0 Å². The Balaban J connectivity index is 2.16. The quantitative estimate of drug-likeness (QED) is 0.638. The molecular formula is C15H22BrFN2. The first kappa shape index (κ1) is 14.9. The van der Waals surface area contributed by atoms with Crippen LogP contribution in [-0.2, 0) is 0 Å². The van der Waals surface area contributed by atoms with Crippen LogP contribution >= 0.6 is 15.9 Å². The molecule has 3 unspecified atom stereocenters. The lowest BCUT2D eigenvalue weighted by atomic mass is 9.75. The molecule has 0 saturated heterocycles. The van der Waals surface area contributed by atoms with E-state index in [0.29, 0.717) is 10.4 Å². The average molecular weight is 329 g/mol. The standard InChI is InChI=1S/C15H22BrFN2/c1-2-10-4-3-5-11(8-10)15(19-18)12-6-7-14(17)13(16)9-12/h6-7,9-11,15,19H,2-5,8,18H2,1H3. The lowest BCUT2D eigenvalue weighted by molar-refractivity contribution is 0.210. The first-order valence-electron chi connectivity index (χ1n) is 7.06. The Labute approximate surface area is 123 Å². The van der Waals surface area contributed by atoms with Crippen molar-refractivity contribution < 1.29 is 4.39 Å². The summed E-state index contributed by atoms with van der Waals surface area (Å²) in [7, 11) is 0. The zero-order chi connectivity index (χ0) is 13.8. The maximum Gasteiger partial charge on any atom is 0.137 e. The molecule has 0 spiro atoms. The SMILES string of the molecule is CCC1CCCC(C(NN)c2ccc(F)c(Br)c2)C1. The smallest absolute Gasteiger partial charge is 0.137 e. The van der Waals surface area contributed by atoms with Gasteiger partial charge in [-0.2, -0.15) is 0 Å². The Morgan fingerprint density at radius 2 is 2.26 bits per heavy atom. The average Bonchev–Trinajstić information content (AvgIpc) is 2.44. The summed E-state index contributed by atoms with van der Waals surface area (Å²) >= 11 is 3.25. The highest BCUT2D eigenvalue weighted by atomic mass is 79.9. The van der Waals surface area contributed by atoms with Crippen LogP contribution in [0.3, 0.4) is 0 Å². The molecule has 1 aliphatic rings. The molecule has 106 valence electrons. The molecule has 3 atom stereocenters. The number of halogens is 2. The van der Waals surface area contributed by atoms with Gasteiger partial charge in [-0.25, -0.2) is 4.39 Å². The van der Waals surface area contributed by atoms with Crippen LogP contribution in [0.25, 0.3) is 0 Å². The fourth-order valence-electron chi connectivity index (χ4n) is 3.22. The highest BCUT2D eigenvalue weighted by Gasteiger charge is 2.28. The summed E-state index contributed by atoms with van der Waals surface area (Å²) in [5.41, 5.74) is 4.00. The number of hydrogen-bond donors (Lipinski definition) is 2. The Morgan fingerprint density at radius 3 is 2.89 bits per heavy atom. The number of rotatable bonds is 4. The Hall–Kier alpha value is -0.450. The maximum absolute atomic E-state index is 13.3. The van der Waals surface area contributed by atoms with E-state index in [0.717, 1.165) is 11.5 Å². The third-order valence-corrected chi connectivity index (χ3v) is 4.96. The fourth-order valence-corrected chi connectivity index (χ4v) is 3.61. The van der Waals surface area contributed by atoms with Gasteiger partial charge in [0.05, 0.1) is 4.47 Å². The molecule has 0 bridgehead atoms. The van der Waals surface area contributed by atoms with Gasteiger partial charge >= 0.3 is 0 Å². The van der Waals surface area contributed by atoms with E-state index in [2.05, 4.69) is 28.3 Å². The van der Waals surface area contributed by atoms with E-state index in [9.17, 15) is 4.39 Å². The summed E-state index contributed by atoms with van der Waals surface area (Å²) in [4.78, 5) is 0. The summed E-state index contributed by atoms with van der Waals surface area (Å²) in [6, 6.07) is 5.30. The normalized spacial score (nSPS) is 25.3.